The van der Waals surface area contributed by atoms with E-state index in [1.165, 1.54) is 39.3 Å². The Bertz CT molecular complexity index is 1160. The van der Waals surface area contributed by atoms with E-state index in [4.69, 9.17) is 0 Å². The number of aliphatic hydroxyl groups excluding tert-OH is 1. The Morgan fingerprint density at radius 2 is 2.11 bits per heavy atom. The molecule has 0 aromatic carbocycles. The van der Waals surface area contributed by atoms with Crippen molar-refractivity contribution in [2.24, 2.45) is 11.8 Å². The molecule has 0 aliphatic carbocycles. The predicted molar refractivity (Wildman–Crippen MR) is 128 cm³/mol. The molecule has 2 amide bonds. The number of carboxylic acids is 1. The number of thiophene rings is 1. The summed E-state index contributed by atoms with van der Waals surface area (Å²) in [5, 5.41) is 29.5. The third-order valence-corrected chi connectivity index (χ3v) is 9.70. The number of aliphatic carboxylic acids is 1. The second-order valence-corrected chi connectivity index (χ2v) is 11.8. The van der Waals surface area contributed by atoms with E-state index in [9.17, 15) is 24.6 Å². The molecule has 0 unspecified atom stereocenters. The number of amides is 2. The van der Waals surface area contributed by atoms with Gasteiger partial charge in [-0.25, -0.2) is 4.98 Å². The maximum atomic E-state index is 12.5. The number of anilines is 1. The van der Waals surface area contributed by atoms with Gasteiger partial charge in [0, 0.05) is 34.5 Å². The fourth-order valence-corrected chi connectivity index (χ4v) is 7.71. The van der Waals surface area contributed by atoms with Crippen molar-refractivity contribution in [2.45, 2.75) is 37.8 Å². The SMILES string of the molecule is C[C@@H](O)[C@H]1C(=O)N2C(C(=O)[O-])=C(SC3CN(c4nc(CNC(=O)c5cccs5)cs4)C3)[C@H](C)[C@H]12.[Na+]. The number of rotatable bonds is 8. The second-order valence-electron chi connectivity index (χ2n) is 8.68. The number of thioether (sulfide) groups is 1. The maximum absolute atomic E-state index is 12.5. The number of aliphatic hydroxyl groups is 1. The summed E-state index contributed by atoms with van der Waals surface area (Å²) in [6, 6.07) is 3.28. The van der Waals surface area contributed by atoms with Crippen molar-refractivity contribution in [1.29, 1.82) is 0 Å². The number of fused-ring (bicyclic) bond motifs is 1. The van der Waals surface area contributed by atoms with Crippen LogP contribution in [0.2, 0.25) is 0 Å². The second kappa shape index (κ2) is 10.5. The minimum atomic E-state index is -1.35. The molecule has 13 heteroatoms. The summed E-state index contributed by atoms with van der Waals surface area (Å²) in [6.45, 7) is 5.23. The van der Waals surface area contributed by atoms with Crippen molar-refractivity contribution >= 4 is 57.4 Å². The third kappa shape index (κ3) is 4.81. The van der Waals surface area contributed by atoms with Crippen molar-refractivity contribution < 1.29 is 54.2 Å². The summed E-state index contributed by atoms with van der Waals surface area (Å²) in [6.07, 6.45) is -0.822. The van der Waals surface area contributed by atoms with Crippen LogP contribution in [-0.4, -0.2) is 63.3 Å². The van der Waals surface area contributed by atoms with Crippen LogP contribution in [0.4, 0.5) is 5.13 Å². The molecule has 9 nitrogen and oxygen atoms in total. The van der Waals surface area contributed by atoms with Crippen molar-refractivity contribution in [2.75, 3.05) is 18.0 Å². The first kappa shape index (κ1) is 26.6. The van der Waals surface area contributed by atoms with Crippen LogP contribution in [0.5, 0.6) is 0 Å². The predicted octanol–water partition coefficient (Wildman–Crippen LogP) is -2.12. The third-order valence-electron chi connectivity index (χ3n) is 6.43. The van der Waals surface area contributed by atoms with Crippen molar-refractivity contribution in [3.8, 4) is 0 Å². The topological polar surface area (TPSA) is 126 Å². The number of carbonyl (C=O) groups excluding carboxylic acids is 3. The van der Waals surface area contributed by atoms with Gasteiger partial charge in [-0.1, -0.05) is 13.0 Å². The zero-order valence-corrected chi connectivity index (χ0v) is 23.9. The summed E-state index contributed by atoms with van der Waals surface area (Å²) >= 11 is 4.38. The first-order valence-corrected chi connectivity index (χ1v) is 13.5. The first-order valence-electron chi connectivity index (χ1n) is 10.9. The van der Waals surface area contributed by atoms with Gasteiger partial charge in [0.05, 0.1) is 46.8 Å². The van der Waals surface area contributed by atoms with Gasteiger partial charge in [0.2, 0.25) is 5.91 Å². The number of carboxylic acid groups (broad SMARTS) is 1. The summed E-state index contributed by atoms with van der Waals surface area (Å²) in [5.74, 6) is -2.55. The Morgan fingerprint density at radius 3 is 2.74 bits per heavy atom. The smallest absolute Gasteiger partial charge is 0.543 e. The number of carbonyl (C=O) groups is 3. The number of thiazole rings is 1. The number of hydrogen-bond donors (Lipinski definition) is 2. The number of nitrogens with one attached hydrogen (secondary N) is 1. The summed E-state index contributed by atoms with van der Waals surface area (Å²) < 4.78 is 0. The fourth-order valence-electron chi connectivity index (χ4n) is 4.71. The molecule has 2 fully saturated rings. The van der Waals surface area contributed by atoms with Crippen LogP contribution in [0.1, 0.15) is 29.2 Å². The molecule has 2 saturated heterocycles. The van der Waals surface area contributed by atoms with Crippen molar-refractivity contribution in [1.82, 2.24) is 15.2 Å². The van der Waals surface area contributed by atoms with Crippen LogP contribution in [0, 0.1) is 11.8 Å². The average Bonchev–Trinajstić information content (AvgIpc) is 3.48. The molecule has 2 N–H and O–H groups in total. The average molecular weight is 543 g/mol. The monoisotopic (exact) mass is 542 g/mol. The molecule has 3 aliphatic heterocycles. The van der Waals surface area contributed by atoms with E-state index < -0.39 is 18.0 Å². The van der Waals surface area contributed by atoms with Gasteiger partial charge in [0.15, 0.2) is 5.13 Å². The largest absolute Gasteiger partial charge is 1.00 e. The molecule has 2 aromatic heterocycles. The van der Waals surface area contributed by atoms with E-state index in [0.717, 1.165) is 10.8 Å². The first-order chi connectivity index (χ1) is 16.3. The van der Waals surface area contributed by atoms with E-state index in [1.807, 2.05) is 23.8 Å². The van der Waals surface area contributed by atoms with E-state index in [0.29, 0.717) is 29.4 Å². The Kier molecular flexibility index (Phi) is 8.01. The molecule has 180 valence electrons. The fraction of sp³-hybridized carbons (Fsp3) is 0.455. The van der Waals surface area contributed by atoms with E-state index in [1.54, 1.807) is 13.0 Å². The van der Waals surface area contributed by atoms with Gasteiger partial charge in [0.25, 0.3) is 5.91 Å². The summed E-state index contributed by atoms with van der Waals surface area (Å²) in [5.41, 5.74) is 0.750. The number of nitrogens with zero attached hydrogens (tertiary/aromatic N) is 3. The Morgan fingerprint density at radius 1 is 1.37 bits per heavy atom. The van der Waals surface area contributed by atoms with Gasteiger partial charge >= 0.3 is 29.6 Å². The Balaban J connectivity index is 0.00000289. The van der Waals surface area contributed by atoms with Gasteiger partial charge in [-0.05, 0) is 18.4 Å². The summed E-state index contributed by atoms with van der Waals surface area (Å²) in [4.78, 5) is 45.7. The zero-order valence-electron chi connectivity index (χ0n) is 19.5. The van der Waals surface area contributed by atoms with E-state index in [-0.39, 0.29) is 64.3 Å². The van der Waals surface area contributed by atoms with Gasteiger partial charge in [-0.15, -0.1) is 34.4 Å². The standard InChI is InChI=1S/C22H24N4O5S3.Na/c1-10-16-15(11(2)27)20(29)26(16)17(21(30)31)18(10)34-13-7-25(8-13)22-24-12(9-33-22)6-23-19(28)14-4-3-5-32-14;/h3-5,9-11,13,15-16,27H,6-8H2,1-2H3,(H,23,28)(H,30,31);/q;+1/p-1/t10-,11-,15-,16-;/m1./s1. The van der Waals surface area contributed by atoms with Crippen molar-refractivity contribution in [3.63, 3.8) is 0 Å². The van der Waals surface area contributed by atoms with E-state index in [2.05, 4.69) is 15.2 Å². The quantitative estimate of drug-likeness (QED) is 0.287. The van der Waals surface area contributed by atoms with Crippen LogP contribution in [0.25, 0.3) is 0 Å². The molecule has 2 aromatic rings. The number of β-lactam (4-membered cyclic amide) rings is 1. The van der Waals surface area contributed by atoms with Crippen LogP contribution < -0.4 is 44.9 Å². The molecule has 35 heavy (non-hydrogen) atoms. The molecule has 0 radical (unpaired) electrons. The normalized spacial score (nSPS) is 24.4. The van der Waals surface area contributed by atoms with Crippen molar-refractivity contribution in [3.05, 3.63) is 44.1 Å². The molecule has 0 spiro atoms. The van der Waals surface area contributed by atoms with Gasteiger partial charge in [0.1, 0.15) is 0 Å². The number of hydrogen-bond acceptors (Lipinski definition) is 10. The minimum absolute atomic E-state index is 0. The van der Waals surface area contributed by atoms with Crippen LogP contribution in [0.15, 0.2) is 33.5 Å². The molecule has 5 heterocycles. The maximum Gasteiger partial charge on any atom is 1.00 e. The Labute approximate surface area is 236 Å². The molecule has 0 saturated carbocycles. The minimum Gasteiger partial charge on any atom is -0.543 e. The molecular formula is C22H23N4NaO5S3. The Hall–Kier alpha value is -1.41. The van der Waals surface area contributed by atoms with Crippen LogP contribution in [-0.2, 0) is 16.1 Å². The van der Waals surface area contributed by atoms with Gasteiger partial charge < -0.3 is 30.1 Å². The zero-order chi connectivity index (χ0) is 24.1. The van der Waals surface area contributed by atoms with E-state index >= 15 is 0 Å². The summed E-state index contributed by atoms with van der Waals surface area (Å²) in [7, 11) is 0. The van der Waals surface area contributed by atoms with Crippen LogP contribution in [0.3, 0.4) is 0 Å². The molecule has 5 rings (SSSR count). The molecular weight excluding hydrogens is 519 g/mol. The van der Waals surface area contributed by atoms with Crippen LogP contribution >= 0.6 is 34.4 Å². The van der Waals surface area contributed by atoms with Gasteiger partial charge in [-0.3, -0.25) is 9.59 Å². The molecule has 0 bridgehead atoms. The van der Waals surface area contributed by atoms with Gasteiger partial charge in [-0.2, -0.15) is 0 Å². The number of aromatic nitrogens is 1. The molecule has 3 aliphatic rings. The molecule has 4 atom stereocenters.